The minimum atomic E-state index is -0.590. The summed E-state index contributed by atoms with van der Waals surface area (Å²) in [4.78, 5) is 24.7. The van der Waals surface area contributed by atoms with Gasteiger partial charge < -0.3 is 9.47 Å². The Morgan fingerprint density at radius 3 is 2.14 bits per heavy atom. The van der Waals surface area contributed by atoms with Crippen LogP contribution in [0.5, 0.6) is 11.5 Å². The van der Waals surface area contributed by atoms with Crippen molar-refractivity contribution in [2.45, 2.75) is 19.8 Å². The van der Waals surface area contributed by atoms with Gasteiger partial charge in [-0.2, -0.15) is 0 Å². The Hall–Kier alpha value is -3.66. The number of ether oxygens (including phenoxy) is 2. The van der Waals surface area contributed by atoms with Crippen molar-refractivity contribution in [3.8, 4) is 11.5 Å². The molecule has 0 unspecified atom stereocenters. The summed E-state index contributed by atoms with van der Waals surface area (Å²) in [5, 5.41) is 0. The maximum absolute atomic E-state index is 12.5. The summed E-state index contributed by atoms with van der Waals surface area (Å²) >= 11 is 0. The number of para-hydroxylation sites is 2. The van der Waals surface area contributed by atoms with Gasteiger partial charge in [-0.3, -0.25) is 0 Å². The van der Waals surface area contributed by atoms with Gasteiger partial charge in [-0.1, -0.05) is 68.4 Å². The molecule has 0 amide bonds. The molecule has 0 aliphatic carbocycles. The Balaban J connectivity index is 1.68. The Kier molecular flexibility index (Phi) is 6.59. The minimum Gasteiger partial charge on any atom is -0.423 e. The summed E-state index contributed by atoms with van der Waals surface area (Å²) < 4.78 is 10.7. The normalized spacial score (nSPS) is 10.9. The molecule has 0 spiro atoms. The molecule has 0 saturated carbocycles. The van der Waals surface area contributed by atoms with Crippen molar-refractivity contribution < 1.29 is 19.1 Å². The zero-order valence-corrected chi connectivity index (χ0v) is 16.4. The molecular formula is C25H22O4. The SMILES string of the molecule is CC(C)c1ccc(/C=C/C(=O)Oc2ccccc2C(=O)Oc2ccccc2)cc1. The van der Waals surface area contributed by atoms with E-state index in [1.807, 2.05) is 30.3 Å². The molecule has 0 N–H and O–H groups in total. The Labute approximate surface area is 170 Å². The number of rotatable bonds is 6. The number of carbonyl (C=O) groups is 2. The van der Waals surface area contributed by atoms with Gasteiger partial charge in [0.15, 0.2) is 0 Å². The van der Waals surface area contributed by atoms with Gasteiger partial charge in [-0.05, 0) is 47.4 Å². The molecular weight excluding hydrogens is 364 g/mol. The highest BCUT2D eigenvalue weighted by molar-refractivity contribution is 5.96. The molecule has 4 nitrogen and oxygen atoms in total. The molecule has 0 atom stereocenters. The van der Waals surface area contributed by atoms with Gasteiger partial charge >= 0.3 is 11.9 Å². The van der Waals surface area contributed by atoms with E-state index in [2.05, 4.69) is 13.8 Å². The summed E-state index contributed by atoms with van der Waals surface area (Å²) in [6, 6.07) is 23.2. The molecule has 0 radical (unpaired) electrons. The average molecular weight is 386 g/mol. The molecule has 146 valence electrons. The second-order valence-corrected chi connectivity index (χ2v) is 6.77. The first-order chi connectivity index (χ1) is 14.0. The summed E-state index contributed by atoms with van der Waals surface area (Å²) in [7, 11) is 0. The van der Waals surface area contributed by atoms with Crippen molar-refractivity contribution >= 4 is 18.0 Å². The fraction of sp³-hybridized carbons (Fsp3) is 0.120. The van der Waals surface area contributed by atoms with Gasteiger partial charge in [0.05, 0.1) is 0 Å². The summed E-state index contributed by atoms with van der Waals surface area (Å²) in [5.74, 6) is -0.141. The number of hydrogen-bond acceptors (Lipinski definition) is 4. The van der Waals surface area contributed by atoms with Gasteiger partial charge in [0, 0.05) is 6.08 Å². The smallest absolute Gasteiger partial charge is 0.347 e. The van der Waals surface area contributed by atoms with Crippen molar-refractivity contribution in [3.63, 3.8) is 0 Å². The second-order valence-electron chi connectivity index (χ2n) is 6.77. The molecule has 0 bridgehead atoms. The van der Waals surface area contributed by atoms with Gasteiger partial charge in [-0.25, -0.2) is 9.59 Å². The highest BCUT2D eigenvalue weighted by atomic mass is 16.5. The summed E-state index contributed by atoms with van der Waals surface area (Å²) in [6.45, 7) is 4.25. The van der Waals surface area contributed by atoms with Crippen molar-refractivity contribution in [1.29, 1.82) is 0 Å². The third-order valence-electron chi connectivity index (χ3n) is 4.29. The van der Waals surface area contributed by atoms with E-state index < -0.39 is 11.9 Å². The Morgan fingerprint density at radius 1 is 0.793 bits per heavy atom. The Morgan fingerprint density at radius 2 is 1.45 bits per heavy atom. The number of esters is 2. The molecule has 3 aromatic rings. The van der Waals surface area contributed by atoms with Crippen LogP contribution in [0.25, 0.3) is 6.08 Å². The quantitative estimate of drug-likeness (QED) is 0.312. The van der Waals surface area contributed by atoms with Gasteiger partial charge in [-0.15, -0.1) is 0 Å². The summed E-state index contributed by atoms with van der Waals surface area (Å²) in [6.07, 6.45) is 3.01. The first-order valence-electron chi connectivity index (χ1n) is 9.39. The third kappa shape index (κ3) is 5.66. The summed E-state index contributed by atoms with van der Waals surface area (Å²) in [5.41, 5.74) is 2.30. The van der Waals surface area contributed by atoms with Gasteiger partial charge in [0.2, 0.25) is 0 Å². The zero-order chi connectivity index (χ0) is 20.6. The second kappa shape index (κ2) is 9.51. The maximum Gasteiger partial charge on any atom is 0.347 e. The van der Waals surface area contributed by atoms with E-state index in [-0.39, 0.29) is 11.3 Å². The van der Waals surface area contributed by atoms with Crippen LogP contribution in [0, 0.1) is 0 Å². The molecule has 3 aromatic carbocycles. The molecule has 0 fully saturated rings. The number of hydrogen-bond donors (Lipinski definition) is 0. The molecule has 0 heterocycles. The van der Waals surface area contributed by atoms with E-state index in [0.29, 0.717) is 11.7 Å². The zero-order valence-electron chi connectivity index (χ0n) is 16.4. The topological polar surface area (TPSA) is 52.6 Å². The molecule has 0 saturated heterocycles. The van der Waals surface area contributed by atoms with E-state index in [9.17, 15) is 9.59 Å². The molecule has 0 aliphatic heterocycles. The third-order valence-corrected chi connectivity index (χ3v) is 4.29. The van der Waals surface area contributed by atoms with Crippen LogP contribution in [-0.4, -0.2) is 11.9 Å². The molecule has 0 aliphatic rings. The fourth-order valence-corrected chi connectivity index (χ4v) is 2.67. The van der Waals surface area contributed by atoms with E-state index in [4.69, 9.17) is 9.47 Å². The highest BCUT2D eigenvalue weighted by Crippen LogP contribution is 2.21. The molecule has 29 heavy (non-hydrogen) atoms. The van der Waals surface area contributed by atoms with Crippen molar-refractivity contribution in [2.75, 3.05) is 0 Å². The van der Waals surface area contributed by atoms with Crippen LogP contribution >= 0.6 is 0 Å². The first kappa shape index (κ1) is 20.1. The van der Waals surface area contributed by atoms with Gasteiger partial charge in [0.25, 0.3) is 0 Å². The standard InChI is InChI=1S/C25H22O4/c1-18(2)20-15-12-19(13-16-20)14-17-24(26)29-23-11-7-6-10-22(23)25(27)28-21-8-4-3-5-9-21/h3-18H,1-2H3/b17-14+. The van der Waals surface area contributed by atoms with E-state index in [1.54, 1.807) is 54.6 Å². The number of carbonyl (C=O) groups excluding carboxylic acids is 2. The van der Waals surface area contributed by atoms with Crippen LogP contribution in [-0.2, 0) is 4.79 Å². The van der Waals surface area contributed by atoms with Crippen LogP contribution in [0.15, 0.2) is 84.9 Å². The van der Waals surface area contributed by atoms with Crippen LogP contribution in [0.2, 0.25) is 0 Å². The fourth-order valence-electron chi connectivity index (χ4n) is 2.67. The first-order valence-corrected chi connectivity index (χ1v) is 9.39. The molecule has 0 aromatic heterocycles. The lowest BCUT2D eigenvalue weighted by Crippen LogP contribution is -2.13. The lowest BCUT2D eigenvalue weighted by molar-refractivity contribution is -0.128. The predicted octanol–water partition coefficient (Wildman–Crippen LogP) is 5.65. The van der Waals surface area contributed by atoms with E-state index in [1.165, 1.54) is 11.6 Å². The molecule has 4 heteroatoms. The van der Waals surface area contributed by atoms with Gasteiger partial charge in [0.1, 0.15) is 17.1 Å². The predicted molar refractivity (Wildman–Crippen MR) is 113 cm³/mol. The molecule has 3 rings (SSSR count). The van der Waals surface area contributed by atoms with Crippen LogP contribution in [0.4, 0.5) is 0 Å². The average Bonchev–Trinajstić information content (AvgIpc) is 2.73. The largest absolute Gasteiger partial charge is 0.423 e. The lowest BCUT2D eigenvalue weighted by atomic mass is 10.0. The Bertz CT molecular complexity index is 1000. The lowest BCUT2D eigenvalue weighted by Gasteiger charge is -2.09. The van der Waals surface area contributed by atoms with Crippen LogP contribution in [0.3, 0.4) is 0 Å². The van der Waals surface area contributed by atoms with Crippen LogP contribution < -0.4 is 9.47 Å². The van der Waals surface area contributed by atoms with E-state index in [0.717, 1.165) is 5.56 Å². The number of benzene rings is 3. The highest BCUT2D eigenvalue weighted by Gasteiger charge is 2.16. The minimum absolute atomic E-state index is 0.151. The van der Waals surface area contributed by atoms with Crippen molar-refractivity contribution in [3.05, 3.63) is 102 Å². The van der Waals surface area contributed by atoms with E-state index >= 15 is 0 Å². The van der Waals surface area contributed by atoms with Crippen molar-refractivity contribution in [1.82, 2.24) is 0 Å². The monoisotopic (exact) mass is 386 g/mol. The van der Waals surface area contributed by atoms with Crippen LogP contribution in [0.1, 0.15) is 41.3 Å². The van der Waals surface area contributed by atoms with Crippen molar-refractivity contribution in [2.24, 2.45) is 0 Å². The maximum atomic E-state index is 12.5.